The zero-order chi connectivity index (χ0) is 15.5. The topological polar surface area (TPSA) is 42.2 Å². The van der Waals surface area contributed by atoms with E-state index in [0.717, 1.165) is 29.1 Å². The van der Waals surface area contributed by atoms with Gasteiger partial charge >= 0.3 is 0 Å². The zero-order valence-corrected chi connectivity index (χ0v) is 12.6. The zero-order valence-electron chi connectivity index (χ0n) is 12.6. The number of fused-ring (bicyclic) bond motifs is 1. The molecule has 0 aliphatic carbocycles. The fraction of sp³-hybridized carbons (Fsp3) is 0.0526. The van der Waals surface area contributed by atoms with Gasteiger partial charge in [0.05, 0.1) is 17.4 Å². The summed E-state index contributed by atoms with van der Waals surface area (Å²) in [5.74, 6) is 0.863. The Morgan fingerprint density at radius 3 is 2.65 bits per heavy atom. The van der Waals surface area contributed by atoms with E-state index in [0.29, 0.717) is 0 Å². The second kappa shape index (κ2) is 5.93. The summed E-state index contributed by atoms with van der Waals surface area (Å²) in [5.41, 5.74) is 4.24. The van der Waals surface area contributed by atoms with Crippen molar-refractivity contribution in [1.82, 2.24) is 14.6 Å². The normalized spacial score (nSPS) is 10.8. The van der Waals surface area contributed by atoms with E-state index in [-0.39, 0.29) is 0 Å². The van der Waals surface area contributed by atoms with Crippen LogP contribution in [0.2, 0.25) is 0 Å². The van der Waals surface area contributed by atoms with Crippen LogP contribution in [-0.2, 0) is 6.54 Å². The van der Waals surface area contributed by atoms with E-state index in [2.05, 4.69) is 22.5 Å². The largest absolute Gasteiger partial charge is 0.366 e. The van der Waals surface area contributed by atoms with Crippen LogP contribution in [-0.4, -0.2) is 14.6 Å². The number of anilines is 1. The predicted molar refractivity (Wildman–Crippen MR) is 92.2 cm³/mol. The monoisotopic (exact) mass is 300 g/mol. The SMILES string of the molecule is c1ccc(CNc2cccc(-c3cnn4ccccc34)n2)cc1. The summed E-state index contributed by atoms with van der Waals surface area (Å²) in [6, 6.07) is 22.3. The molecule has 0 radical (unpaired) electrons. The minimum atomic E-state index is 0.756. The molecule has 4 nitrogen and oxygen atoms in total. The van der Waals surface area contributed by atoms with E-state index >= 15 is 0 Å². The molecule has 4 rings (SSSR count). The van der Waals surface area contributed by atoms with Crippen molar-refractivity contribution in [3.8, 4) is 11.3 Å². The minimum absolute atomic E-state index is 0.756. The average Bonchev–Trinajstić information content (AvgIpc) is 3.05. The van der Waals surface area contributed by atoms with Crippen LogP contribution in [0.1, 0.15) is 5.56 Å². The Morgan fingerprint density at radius 1 is 0.870 bits per heavy atom. The lowest BCUT2D eigenvalue weighted by Crippen LogP contribution is -2.01. The smallest absolute Gasteiger partial charge is 0.126 e. The number of hydrogen-bond donors (Lipinski definition) is 1. The first-order chi connectivity index (χ1) is 11.4. The van der Waals surface area contributed by atoms with E-state index in [9.17, 15) is 0 Å². The fourth-order valence-electron chi connectivity index (χ4n) is 2.60. The van der Waals surface area contributed by atoms with Gasteiger partial charge in [0.1, 0.15) is 5.82 Å². The van der Waals surface area contributed by atoms with Crippen molar-refractivity contribution in [3.05, 3.63) is 84.7 Å². The Morgan fingerprint density at radius 2 is 1.74 bits per heavy atom. The molecule has 0 bridgehead atoms. The summed E-state index contributed by atoms with van der Waals surface area (Å²) in [5, 5.41) is 7.75. The highest BCUT2D eigenvalue weighted by atomic mass is 15.2. The fourth-order valence-corrected chi connectivity index (χ4v) is 2.60. The van der Waals surface area contributed by atoms with Gasteiger partial charge in [-0.25, -0.2) is 9.50 Å². The van der Waals surface area contributed by atoms with Crippen LogP contribution >= 0.6 is 0 Å². The van der Waals surface area contributed by atoms with Crippen molar-refractivity contribution < 1.29 is 0 Å². The van der Waals surface area contributed by atoms with Gasteiger partial charge in [0.25, 0.3) is 0 Å². The molecule has 0 fully saturated rings. The Balaban J connectivity index is 1.61. The number of aromatic nitrogens is 3. The van der Waals surface area contributed by atoms with Crippen molar-refractivity contribution >= 4 is 11.3 Å². The molecule has 0 saturated heterocycles. The van der Waals surface area contributed by atoms with Crippen LogP contribution in [0.5, 0.6) is 0 Å². The van der Waals surface area contributed by atoms with Crippen LogP contribution in [0, 0.1) is 0 Å². The van der Waals surface area contributed by atoms with E-state index in [1.54, 1.807) is 0 Å². The number of hydrogen-bond acceptors (Lipinski definition) is 3. The van der Waals surface area contributed by atoms with Crippen molar-refractivity contribution in [3.63, 3.8) is 0 Å². The van der Waals surface area contributed by atoms with Crippen molar-refractivity contribution in [2.45, 2.75) is 6.54 Å². The van der Waals surface area contributed by atoms with Gasteiger partial charge in [0.15, 0.2) is 0 Å². The molecule has 23 heavy (non-hydrogen) atoms. The Labute approximate surface area is 134 Å². The van der Waals surface area contributed by atoms with Gasteiger partial charge in [-0.15, -0.1) is 0 Å². The molecule has 0 atom stereocenters. The first kappa shape index (κ1) is 13.5. The number of nitrogens with zero attached hydrogens (tertiary/aromatic N) is 3. The lowest BCUT2D eigenvalue weighted by atomic mass is 10.2. The molecule has 112 valence electrons. The van der Waals surface area contributed by atoms with Crippen LogP contribution < -0.4 is 5.32 Å². The van der Waals surface area contributed by atoms with E-state index in [1.165, 1.54) is 5.56 Å². The van der Waals surface area contributed by atoms with Gasteiger partial charge in [0.2, 0.25) is 0 Å². The minimum Gasteiger partial charge on any atom is -0.366 e. The Bertz CT molecular complexity index is 928. The highest BCUT2D eigenvalue weighted by Gasteiger charge is 2.07. The van der Waals surface area contributed by atoms with Crippen molar-refractivity contribution in [2.75, 3.05) is 5.32 Å². The summed E-state index contributed by atoms with van der Waals surface area (Å²) >= 11 is 0. The summed E-state index contributed by atoms with van der Waals surface area (Å²) in [7, 11) is 0. The average molecular weight is 300 g/mol. The number of rotatable bonds is 4. The molecule has 1 aromatic carbocycles. The summed E-state index contributed by atoms with van der Waals surface area (Å²) < 4.78 is 1.86. The third-order valence-electron chi connectivity index (χ3n) is 3.77. The second-order valence-corrected chi connectivity index (χ2v) is 5.34. The summed E-state index contributed by atoms with van der Waals surface area (Å²) in [6.07, 6.45) is 3.80. The Hall–Kier alpha value is -3.14. The lowest BCUT2D eigenvalue weighted by molar-refractivity contribution is 0.961. The molecule has 3 aromatic heterocycles. The molecule has 0 amide bonds. The molecule has 0 spiro atoms. The van der Waals surface area contributed by atoms with Gasteiger partial charge in [0, 0.05) is 18.3 Å². The maximum absolute atomic E-state index is 4.72. The van der Waals surface area contributed by atoms with Gasteiger partial charge < -0.3 is 5.32 Å². The first-order valence-electron chi connectivity index (χ1n) is 7.58. The summed E-state index contributed by atoms with van der Waals surface area (Å²) in [6.45, 7) is 0.756. The van der Waals surface area contributed by atoms with Gasteiger partial charge in [-0.1, -0.05) is 42.5 Å². The highest BCUT2D eigenvalue weighted by Crippen LogP contribution is 2.23. The highest BCUT2D eigenvalue weighted by molar-refractivity contribution is 5.78. The number of pyridine rings is 2. The third-order valence-corrected chi connectivity index (χ3v) is 3.77. The van der Waals surface area contributed by atoms with Crippen LogP contribution in [0.25, 0.3) is 16.8 Å². The molecule has 0 aliphatic rings. The Kier molecular flexibility index (Phi) is 3.48. The third kappa shape index (κ3) is 2.79. The molecule has 0 unspecified atom stereocenters. The van der Waals surface area contributed by atoms with Crippen LogP contribution in [0.3, 0.4) is 0 Å². The van der Waals surface area contributed by atoms with E-state index < -0.39 is 0 Å². The quantitative estimate of drug-likeness (QED) is 0.619. The standard InChI is InChI=1S/C19H16N4/c1-2-7-15(8-3-1)13-20-19-11-6-9-17(22-19)16-14-21-23-12-5-4-10-18(16)23/h1-12,14H,13H2,(H,20,22). The van der Waals surface area contributed by atoms with E-state index in [1.807, 2.05) is 71.5 Å². The van der Waals surface area contributed by atoms with Gasteiger partial charge in [-0.2, -0.15) is 5.10 Å². The van der Waals surface area contributed by atoms with Crippen molar-refractivity contribution in [1.29, 1.82) is 0 Å². The van der Waals surface area contributed by atoms with Crippen LogP contribution in [0.15, 0.2) is 79.1 Å². The molecule has 4 aromatic rings. The first-order valence-corrected chi connectivity index (χ1v) is 7.58. The molecular formula is C19H16N4. The number of benzene rings is 1. The lowest BCUT2D eigenvalue weighted by Gasteiger charge is -2.07. The molecule has 0 aliphatic heterocycles. The van der Waals surface area contributed by atoms with E-state index in [4.69, 9.17) is 4.98 Å². The maximum atomic E-state index is 4.72. The second-order valence-electron chi connectivity index (χ2n) is 5.34. The predicted octanol–water partition coefficient (Wildman–Crippen LogP) is 4.01. The molecule has 3 heterocycles. The maximum Gasteiger partial charge on any atom is 0.126 e. The number of nitrogens with one attached hydrogen (secondary N) is 1. The molecule has 4 heteroatoms. The van der Waals surface area contributed by atoms with Crippen molar-refractivity contribution in [2.24, 2.45) is 0 Å². The molecule has 1 N–H and O–H groups in total. The molecule has 0 saturated carbocycles. The van der Waals surface area contributed by atoms with Gasteiger partial charge in [-0.3, -0.25) is 0 Å². The van der Waals surface area contributed by atoms with Crippen LogP contribution in [0.4, 0.5) is 5.82 Å². The van der Waals surface area contributed by atoms with Gasteiger partial charge in [-0.05, 0) is 29.8 Å². The summed E-state index contributed by atoms with van der Waals surface area (Å²) in [4.78, 5) is 4.72. The molecular weight excluding hydrogens is 284 g/mol.